The van der Waals surface area contributed by atoms with E-state index in [0.29, 0.717) is 16.8 Å². The van der Waals surface area contributed by atoms with Gasteiger partial charge in [0.25, 0.3) is 0 Å². The predicted octanol–water partition coefficient (Wildman–Crippen LogP) is 3.66. The molecule has 0 saturated heterocycles. The van der Waals surface area contributed by atoms with Gasteiger partial charge in [-0.3, -0.25) is 0 Å². The average Bonchev–Trinajstić information content (AvgIpc) is 2.40. The minimum atomic E-state index is -0.448. The second kappa shape index (κ2) is 5.98. The SMILES string of the molecule is OCc1c(F)ccc(OCc2ccccc2)c1Br. The fraction of sp³-hybridized carbons (Fsp3) is 0.143. The lowest BCUT2D eigenvalue weighted by Crippen LogP contribution is -1.99. The Balaban J connectivity index is 2.15. The van der Waals surface area contributed by atoms with E-state index in [-0.39, 0.29) is 12.2 Å². The van der Waals surface area contributed by atoms with Gasteiger partial charge in [-0.2, -0.15) is 0 Å². The van der Waals surface area contributed by atoms with Crippen molar-refractivity contribution in [2.45, 2.75) is 13.2 Å². The molecule has 0 aliphatic heterocycles. The lowest BCUT2D eigenvalue weighted by Gasteiger charge is -2.11. The molecule has 0 amide bonds. The summed E-state index contributed by atoms with van der Waals surface area (Å²) in [6.07, 6.45) is 0. The van der Waals surface area contributed by atoms with Crippen LogP contribution in [-0.2, 0) is 13.2 Å². The molecule has 0 saturated carbocycles. The standard InChI is InChI=1S/C14H12BrFO2/c15-14-11(8-17)12(16)6-7-13(14)18-9-10-4-2-1-3-5-10/h1-7,17H,8-9H2. The van der Waals surface area contributed by atoms with Gasteiger partial charge >= 0.3 is 0 Å². The van der Waals surface area contributed by atoms with E-state index < -0.39 is 5.82 Å². The molecule has 94 valence electrons. The molecule has 0 atom stereocenters. The van der Waals surface area contributed by atoms with Gasteiger partial charge in [0.15, 0.2) is 0 Å². The lowest BCUT2D eigenvalue weighted by molar-refractivity contribution is 0.270. The third-order valence-electron chi connectivity index (χ3n) is 2.55. The van der Waals surface area contributed by atoms with Gasteiger partial charge in [0.2, 0.25) is 0 Å². The van der Waals surface area contributed by atoms with E-state index in [1.807, 2.05) is 30.3 Å². The number of ether oxygens (including phenoxy) is 1. The van der Waals surface area contributed by atoms with Crippen molar-refractivity contribution in [2.75, 3.05) is 0 Å². The lowest BCUT2D eigenvalue weighted by atomic mass is 10.2. The van der Waals surface area contributed by atoms with Crippen molar-refractivity contribution in [2.24, 2.45) is 0 Å². The number of aliphatic hydroxyl groups is 1. The van der Waals surface area contributed by atoms with Crippen LogP contribution < -0.4 is 4.74 Å². The van der Waals surface area contributed by atoms with Gasteiger partial charge in [-0.05, 0) is 33.6 Å². The first-order chi connectivity index (χ1) is 8.72. The summed E-state index contributed by atoms with van der Waals surface area (Å²) < 4.78 is 19.4. The first-order valence-electron chi connectivity index (χ1n) is 5.47. The Morgan fingerprint density at radius 2 is 1.83 bits per heavy atom. The van der Waals surface area contributed by atoms with Gasteiger partial charge in [-0.15, -0.1) is 0 Å². The highest BCUT2D eigenvalue weighted by molar-refractivity contribution is 9.10. The van der Waals surface area contributed by atoms with Gasteiger partial charge in [0.1, 0.15) is 18.2 Å². The molecule has 1 N–H and O–H groups in total. The van der Waals surface area contributed by atoms with Gasteiger partial charge in [0, 0.05) is 5.56 Å². The minimum absolute atomic E-state index is 0.209. The second-order valence-electron chi connectivity index (χ2n) is 3.77. The molecular formula is C14H12BrFO2. The Labute approximate surface area is 113 Å². The van der Waals surface area contributed by atoms with Crippen LogP contribution in [0.2, 0.25) is 0 Å². The van der Waals surface area contributed by atoms with Crippen molar-refractivity contribution in [3.8, 4) is 5.75 Å². The van der Waals surface area contributed by atoms with E-state index in [1.54, 1.807) is 6.07 Å². The Bertz CT molecular complexity index is 529. The zero-order valence-electron chi connectivity index (χ0n) is 9.57. The van der Waals surface area contributed by atoms with E-state index in [1.165, 1.54) is 6.07 Å². The van der Waals surface area contributed by atoms with E-state index in [0.717, 1.165) is 5.56 Å². The number of benzene rings is 2. The van der Waals surface area contributed by atoms with Crippen molar-refractivity contribution >= 4 is 15.9 Å². The van der Waals surface area contributed by atoms with Gasteiger partial charge in [-0.1, -0.05) is 30.3 Å². The average molecular weight is 311 g/mol. The highest BCUT2D eigenvalue weighted by atomic mass is 79.9. The highest BCUT2D eigenvalue weighted by Crippen LogP contribution is 2.31. The van der Waals surface area contributed by atoms with Crippen molar-refractivity contribution in [1.29, 1.82) is 0 Å². The van der Waals surface area contributed by atoms with Crippen molar-refractivity contribution in [1.82, 2.24) is 0 Å². The smallest absolute Gasteiger partial charge is 0.134 e. The first-order valence-corrected chi connectivity index (χ1v) is 6.26. The molecule has 2 aromatic carbocycles. The van der Waals surface area contributed by atoms with Gasteiger partial charge in [0.05, 0.1) is 11.1 Å². The van der Waals surface area contributed by atoms with Crippen LogP contribution >= 0.6 is 15.9 Å². The molecule has 2 aromatic rings. The van der Waals surface area contributed by atoms with Crippen LogP contribution in [0.15, 0.2) is 46.9 Å². The first kappa shape index (κ1) is 13.1. The zero-order chi connectivity index (χ0) is 13.0. The van der Waals surface area contributed by atoms with E-state index in [2.05, 4.69) is 15.9 Å². The summed E-state index contributed by atoms with van der Waals surface area (Å²) in [7, 11) is 0. The second-order valence-corrected chi connectivity index (χ2v) is 4.56. The van der Waals surface area contributed by atoms with Crippen LogP contribution in [0.5, 0.6) is 5.75 Å². The summed E-state index contributed by atoms with van der Waals surface area (Å²) in [5, 5.41) is 9.08. The Kier molecular flexibility index (Phi) is 4.33. The molecule has 0 heterocycles. The molecule has 0 radical (unpaired) electrons. The monoisotopic (exact) mass is 310 g/mol. The van der Waals surface area contributed by atoms with Crippen molar-refractivity contribution < 1.29 is 14.2 Å². The quantitative estimate of drug-likeness (QED) is 0.934. The summed E-state index contributed by atoms with van der Waals surface area (Å²) in [6.45, 7) is 0.0326. The highest BCUT2D eigenvalue weighted by Gasteiger charge is 2.11. The molecule has 0 aliphatic rings. The minimum Gasteiger partial charge on any atom is -0.488 e. The molecule has 18 heavy (non-hydrogen) atoms. The fourth-order valence-electron chi connectivity index (χ4n) is 1.57. The van der Waals surface area contributed by atoms with Gasteiger partial charge < -0.3 is 9.84 Å². The maximum atomic E-state index is 13.3. The molecule has 4 heteroatoms. The van der Waals surface area contributed by atoms with Crippen molar-refractivity contribution in [3.63, 3.8) is 0 Å². The van der Waals surface area contributed by atoms with Crippen LogP contribution in [0, 0.1) is 5.82 Å². The summed E-state index contributed by atoms with van der Waals surface area (Å²) in [4.78, 5) is 0. The zero-order valence-corrected chi connectivity index (χ0v) is 11.2. The van der Waals surface area contributed by atoms with E-state index in [4.69, 9.17) is 9.84 Å². The number of hydrogen-bond donors (Lipinski definition) is 1. The topological polar surface area (TPSA) is 29.5 Å². The number of rotatable bonds is 4. The summed E-state index contributed by atoms with van der Waals surface area (Å²) in [5.74, 6) is 0.0701. The van der Waals surface area contributed by atoms with Crippen LogP contribution in [0.1, 0.15) is 11.1 Å². The molecule has 2 nitrogen and oxygen atoms in total. The van der Waals surface area contributed by atoms with Gasteiger partial charge in [-0.25, -0.2) is 4.39 Å². The van der Waals surface area contributed by atoms with Crippen LogP contribution in [-0.4, -0.2) is 5.11 Å². The molecule has 0 bridgehead atoms. The molecule has 0 unspecified atom stereocenters. The van der Waals surface area contributed by atoms with Crippen molar-refractivity contribution in [3.05, 3.63) is 63.9 Å². The molecule has 2 rings (SSSR count). The van der Waals surface area contributed by atoms with Crippen LogP contribution in [0.4, 0.5) is 4.39 Å². The summed E-state index contributed by atoms with van der Waals surface area (Å²) in [6, 6.07) is 12.5. The van der Waals surface area contributed by atoms with E-state index in [9.17, 15) is 4.39 Å². The number of aliphatic hydroxyl groups excluding tert-OH is 1. The molecule has 0 spiro atoms. The third kappa shape index (κ3) is 2.89. The molecule has 0 aromatic heterocycles. The van der Waals surface area contributed by atoms with Crippen LogP contribution in [0.25, 0.3) is 0 Å². The Morgan fingerprint density at radius 3 is 2.50 bits per heavy atom. The third-order valence-corrected chi connectivity index (χ3v) is 3.42. The summed E-state index contributed by atoms with van der Waals surface area (Å²) in [5.41, 5.74) is 1.24. The Hall–Kier alpha value is -1.39. The maximum Gasteiger partial charge on any atom is 0.134 e. The number of hydrogen-bond acceptors (Lipinski definition) is 2. The fourth-order valence-corrected chi connectivity index (χ4v) is 2.13. The largest absolute Gasteiger partial charge is 0.488 e. The molecule has 0 fully saturated rings. The Morgan fingerprint density at radius 1 is 1.11 bits per heavy atom. The predicted molar refractivity (Wildman–Crippen MR) is 70.8 cm³/mol. The molecular weight excluding hydrogens is 299 g/mol. The summed E-state index contributed by atoms with van der Waals surface area (Å²) >= 11 is 3.24. The molecule has 0 aliphatic carbocycles. The van der Waals surface area contributed by atoms with E-state index >= 15 is 0 Å². The maximum absolute atomic E-state index is 13.3. The van der Waals surface area contributed by atoms with Crippen LogP contribution in [0.3, 0.4) is 0 Å². The number of halogens is 2. The normalized spacial score (nSPS) is 10.4.